The molecule has 1 fully saturated rings. The van der Waals surface area contributed by atoms with E-state index in [2.05, 4.69) is 17.4 Å². The number of carbonyl (C=O) groups is 1. The van der Waals surface area contributed by atoms with Gasteiger partial charge in [0.15, 0.2) is 0 Å². The molecule has 2 amide bonds. The summed E-state index contributed by atoms with van der Waals surface area (Å²) in [5, 5.41) is 12.3. The molecular formula is C22H25FN4O. The van der Waals surface area contributed by atoms with Crippen molar-refractivity contribution in [1.82, 2.24) is 10.2 Å². The largest absolute Gasteiger partial charge is 0.367 e. The lowest BCUT2D eigenvalue weighted by atomic mass is 10.1. The Morgan fingerprint density at radius 3 is 2.54 bits per heavy atom. The topological polar surface area (TPSA) is 59.4 Å². The van der Waals surface area contributed by atoms with E-state index in [0.29, 0.717) is 31.9 Å². The zero-order valence-corrected chi connectivity index (χ0v) is 16.1. The molecule has 0 aromatic heterocycles. The number of hydrogen-bond donors (Lipinski definition) is 1. The third kappa shape index (κ3) is 4.80. The molecule has 3 rings (SSSR count). The van der Waals surface area contributed by atoms with Crippen LogP contribution in [0.5, 0.6) is 0 Å². The van der Waals surface area contributed by atoms with Crippen LogP contribution in [0.25, 0.3) is 0 Å². The Morgan fingerprint density at radius 1 is 1.14 bits per heavy atom. The van der Waals surface area contributed by atoms with Gasteiger partial charge >= 0.3 is 6.03 Å². The van der Waals surface area contributed by atoms with Crippen molar-refractivity contribution in [2.75, 3.05) is 31.1 Å². The first-order chi connectivity index (χ1) is 13.6. The van der Waals surface area contributed by atoms with E-state index in [1.807, 2.05) is 36.1 Å². The van der Waals surface area contributed by atoms with E-state index in [9.17, 15) is 14.4 Å². The summed E-state index contributed by atoms with van der Waals surface area (Å²) in [5.74, 6) is -0.507. The van der Waals surface area contributed by atoms with Crippen LogP contribution in [0.2, 0.25) is 0 Å². The van der Waals surface area contributed by atoms with Crippen molar-refractivity contribution in [2.24, 2.45) is 0 Å². The summed E-state index contributed by atoms with van der Waals surface area (Å²) in [5.41, 5.74) is 1.93. The molecule has 0 bridgehead atoms. The molecule has 1 aliphatic heterocycles. The SMILES string of the molecule is CC(CCc1ccccc1)NC(=O)N1CCN(c2cccc(F)c2C#N)CC1. The lowest BCUT2D eigenvalue weighted by Crippen LogP contribution is -2.53. The van der Waals surface area contributed by atoms with E-state index < -0.39 is 5.82 Å². The van der Waals surface area contributed by atoms with E-state index in [1.54, 1.807) is 17.0 Å². The third-order valence-corrected chi connectivity index (χ3v) is 5.09. The summed E-state index contributed by atoms with van der Waals surface area (Å²) in [6.45, 7) is 4.24. The molecule has 2 aromatic rings. The van der Waals surface area contributed by atoms with Crippen molar-refractivity contribution in [3.63, 3.8) is 0 Å². The molecule has 1 unspecified atom stereocenters. The zero-order chi connectivity index (χ0) is 19.9. The molecule has 6 heteroatoms. The molecule has 1 aliphatic rings. The standard InChI is InChI=1S/C22H25FN4O/c1-17(10-11-18-6-3-2-4-7-18)25-22(28)27-14-12-26(13-15-27)21-9-5-8-20(23)19(21)16-24/h2-9,17H,10-15H2,1H3,(H,25,28). The molecule has 1 atom stereocenters. The van der Waals surface area contributed by atoms with E-state index >= 15 is 0 Å². The second-order valence-corrected chi connectivity index (χ2v) is 7.09. The normalized spacial score (nSPS) is 15.0. The first-order valence-corrected chi connectivity index (χ1v) is 9.61. The van der Waals surface area contributed by atoms with E-state index in [4.69, 9.17) is 0 Å². The first-order valence-electron chi connectivity index (χ1n) is 9.61. The number of rotatable bonds is 5. The maximum Gasteiger partial charge on any atom is 0.317 e. The summed E-state index contributed by atoms with van der Waals surface area (Å²) >= 11 is 0. The smallest absolute Gasteiger partial charge is 0.317 e. The lowest BCUT2D eigenvalue weighted by molar-refractivity contribution is 0.190. The van der Waals surface area contributed by atoms with Crippen molar-refractivity contribution in [2.45, 2.75) is 25.8 Å². The average molecular weight is 380 g/mol. The van der Waals surface area contributed by atoms with Crippen LogP contribution in [-0.2, 0) is 6.42 Å². The van der Waals surface area contributed by atoms with Crippen LogP contribution >= 0.6 is 0 Å². The Kier molecular flexibility index (Phi) is 6.49. The number of nitrogens with zero attached hydrogens (tertiary/aromatic N) is 3. The maximum absolute atomic E-state index is 13.8. The minimum atomic E-state index is -0.507. The number of benzene rings is 2. The summed E-state index contributed by atoms with van der Waals surface area (Å²) in [6, 6.07) is 16.8. The molecule has 2 aromatic carbocycles. The van der Waals surface area contributed by atoms with Gasteiger partial charge in [-0.2, -0.15) is 5.26 Å². The average Bonchev–Trinajstić information content (AvgIpc) is 2.73. The lowest BCUT2D eigenvalue weighted by Gasteiger charge is -2.36. The minimum absolute atomic E-state index is 0.0648. The van der Waals surface area contributed by atoms with Gasteiger partial charge in [-0.25, -0.2) is 9.18 Å². The highest BCUT2D eigenvalue weighted by Crippen LogP contribution is 2.23. The van der Waals surface area contributed by atoms with Crippen molar-refractivity contribution >= 4 is 11.7 Å². The fourth-order valence-electron chi connectivity index (χ4n) is 3.44. The molecule has 28 heavy (non-hydrogen) atoms. The monoisotopic (exact) mass is 380 g/mol. The van der Waals surface area contributed by atoms with Crippen LogP contribution in [0, 0.1) is 17.1 Å². The Morgan fingerprint density at radius 2 is 1.86 bits per heavy atom. The summed E-state index contributed by atoms with van der Waals surface area (Å²) in [6.07, 6.45) is 1.80. The van der Waals surface area contributed by atoms with Gasteiger partial charge in [-0.15, -0.1) is 0 Å². The Labute approximate surface area is 165 Å². The van der Waals surface area contributed by atoms with Crippen molar-refractivity contribution in [1.29, 1.82) is 5.26 Å². The molecule has 5 nitrogen and oxygen atoms in total. The molecule has 1 saturated heterocycles. The van der Waals surface area contributed by atoms with Crippen molar-refractivity contribution in [3.05, 3.63) is 65.5 Å². The van der Waals surface area contributed by atoms with Gasteiger partial charge in [0.25, 0.3) is 0 Å². The van der Waals surface area contributed by atoms with Gasteiger partial charge in [0.1, 0.15) is 17.4 Å². The van der Waals surface area contributed by atoms with Gasteiger partial charge in [-0.1, -0.05) is 36.4 Å². The first kappa shape index (κ1) is 19.7. The molecule has 0 saturated carbocycles. The number of halogens is 1. The molecule has 1 heterocycles. The van der Waals surface area contributed by atoms with Gasteiger partial charge in [0.2, 0.25) is 0 Å². The molecule has 0 radical (unpaired) electrons. The Bertz CT molecular complexity index is 841. The van der Waals surface area contributed by atoms with Gasteiger partial charge in [0.05, 0.1) is 5.69 Å². The number of urea groups is 1. The van der Waals surface area contributed by atoms with Crippen LogP contribution in [0.1, 0.15) is 24.5 Å². The predicted molar refractivity (Wildman–Crippen MR) is 108 cm³/mol. The number of carbonyl (C=O) groups excluding carboxylic acids is 1. The number of aryl methyl sites for hydroxylation is 1. The van der Waals surface area contributed by atoms with Gasteiger partial charge < -0.3 is 15.1 Å². The molecule has 146 valence electrons. The van der Waals surface area contributed by atoms with Crippen LogP contribution in [0.4, 0.5) is 14.9 Å². The Balaban J connectivity index is 1.49. The number of anilines is 1. The number of nitriles is 1. The summed E-state index contributed by atoms with van der Waals surface area (Å²) in [7, 11) is 0. The second-order valence-electron chi connectivity index (χ2n) is 7.09. The fraction of sp³-hybridized carbons (Fsp3) is 0.364. The predicted octanol–water partition coefficient (Wildman–Crippen LogP) is 3.55. The van der Waals surface area contributed by atoms with Gasteiger partial charge in [-0.3, -0.25) is 0 Å². The number of piperazine rings is 1. The maximum atomic E-state index is 13.8. The minimum Gasteiger partial charge on any atom is -0.367 e. The third-order valence-electron chi connectivity index (χ3n) is 5.09. The van der Waals surface area contributed by atoms with Crippen molar-refractivity contribution < 1.29 is 9.18 Å². The van der Waals surface area contributed by atoms with Gasteiger partial charge in [0, 0.05) is 32.2 Å². The summed E-state index contributed by atoms with van der Waals surface area (Å²) < 4.78 is 13.8. The van der Waals surface area contributed by atoms with Crippen molar-refractivity contribution in [3.8, 4) is 6.07 Å². The second kappa shape index (κ2) is 9.23. The van der Waals surface area contributed by atoms with Crippen LogP contribution < -0.4 is 10.2 Å². The fourth-order valence-corrected chi connectivity index (χ4v) is 3.44. The number of hydrogen-bond acceptors (Lipinski definition) is 3. The Hall–Kier alpha value is -3.07. The summed E-state index contributed by atoms with van der Waals surface area (Å²) in [4.78, 5) is 16.3. The highest BCUT2D eigenvalue weighted by molar-refractivity contribution is 5.75. The zero-order valence-electron chi connectivity index (χ0n) is 16.1. The van der Waals surface area contributed by atoms with Gasteiger partial charge in [-0.05, 0) is 37.5 Å². The molecular weight excluding hydrogens is 355 g/mol. The van der Waals surface area contributed by atoms with E-state index in [0.717, 1.165) is 12.8 Å². The van der Waals surface area contributed by atoms with E-state index in [-0.39, 0.29) is 17.6 Å². The quantitative estimate of drug-likeness (QED) is 0.863. The number of nitrogens with one attached hydrogen (secondary N) is 1. The molecule has 1 N–H and O–H groups in total. The highest BCUT2D eigenvalue weighted by atomic mass is 19.1. The molecule has 0 aliphatic carbocycles. The highest BCUT2D eigenvalue weighted by Gasteiger charge is 2.24. The number of amides is 2. The van der Waals surface area contributed by atoms with Crippen LogP contribution in [0.3, 0.4) is 0 Å². The van der Waals surface area contributed by atoms with Crippen LogP contribution in [-0.4, -0.2) is 43.2 Å². The van der Waals surface area contributed by atoms with E-state index in [1.165, 1.54) is 11.6 Å². The van der Waals surface area contributed by atoms with Crippen LogP contribution in [0.15, 0.2) is 48.5 Å². The molecule has 0 spiro atoms.